The lowest BCUT2D eigenvalue weighted by Crippen LogP contribution is -2.26. The number of rotatable bonds is 8. The fraction of sp³-hybridized carbons (Fsp3) is 1.00. The molecule has 1 rings (SSSR count). The molecule has 0 bridgehead atoms. The second-order valence-corrected chi connectivity index (χ2v) is 5.56. The van der Waals surface area contributed by atoms with Crippen molar-refractivity contribution in [2.75, 3.05) is 26.2 Å². The molecule has 1 atom stereocenters. The first-order valence-corrected chi connectivity index (χ1v) is 7.18. The van der Waals surface area contributed by atoms with Crippen molar-refractivity contribution in [1.29, 1.82) is 0 Å². The van der Waals surface area contributed by atoms with Crippen molar-refractivity contribution in [2.24, 2.45) is 5.92 Å². The molecule has 1 aliphatic rings. The zero-order chi connectivity index (χ0) is 11.8. The minimum Gasteiger partial charge on any atom is -0.315 e. The maximum absolute atomic E-state index is 3.48. The molecule has 1 saturated heterocycles. The number of nitrogens with one attached hydrogen (secondary N) is 1. The van der Waals surface area contributed by atoms with Gasteiger partial charge in [0.1, 0.15) is 0 Å². The van der Waals surface area contributed by atoms with Crippen LogP contribution in [0.15, 0.2) is 0 Å². The zero-order valence-electron chi connectivity index (χ0n) is 11.5. The van der Waals surface area contributed by atoms with E-state index in [9.17, 15) is 0 Å². The first-order valence-electron chi connectivity index (χ1n) is 7.18. The number of unbranched alkanes of at least 4 members (excludes halogenated alkanes) is 1. The van der Waals surface area contributed by atoms with Gasteiger partial charge in [0.25, 0.3) is 0 Å². The Labute approximate surface area is 102 Å². The van der Waals surface area contributed by atoms with Crippen LogP contribution in [-0.4, -0.2) is 37.1 Å². The molecule has 1 fully saturated rings. The highest BCUT2D eigenvalue weighted by atomic mass is 15.1. The molecule has 1 aliphatic heterocycles. The summed E-state index contributed by atoms with van der Waals surface area (Å²) >= 11 is 0. The molecule has 2 nitrogen and oxygen atoms in total. The summed E-state index contributed by atoms with van der Waals surface area (Å²) in [6.45, 7) is 12.0. The lowest BCUT2D eigenvalue weighted by molar-refractivity contribution is 0.311. The molecular formula is C14H30N2. The van der Waals surface area contributed by atoms with Crippen LogP contribution in [0.2, 0.25) is 0 Å². The van der Waals surface area contributed by atoms with Crippen LogP contribution in [0.5, 0.6) is 0 Å². The first-order chi connectivity index (χ1) is 7.72. The maximum atomic E-state index is 3.48. The molecule has 1 heterocycles. The molecule has 0 aromatic carbocycles. The van der Waals surface area contributed by atoms with Gasteiger partial charge >= 0.3 is 0 Å². The molecule has 0 aromatic heterocycles. The molecule has 2 heteroatoms. The smallest absolute Gasteiger partial charge is 0.00103 e. The minimum absolute atomic E-state index is 0.640. The summed E-state index contributed by atoms with van der Waals surface area (Å²) in [6.07, 6.45) is 6.92. The van der Waals surface area contributed by atoms with Crippen molar-refractivity contribution in [3.8, 4) is 0 Å². The summed E-state index contributed by atoms with van der Waals surface area (Å²) in [4.78, 5) is 2.66. The average Bonchev–Trinajstić information content (AvgIpc) is 2.65. The standard InChI is InChI=1S/C14H30N2/c1-4-7-14-8-11-16(12-14)10-6-5-9-15-13(2)3/h13-15H,4-12H2,1-3H3. The van der Waals surface area contributed by atoms with E-state index in [2.05, 4.69) is 31.0 Å². The van der Waals surface area contributed by atoms with Crippen LogP contribution in [-0.2, 0) is 0 Å². The molecule has 1 unspecified atom stereocenters. The molecule has 1 N–H and O–H groups in total. The summed E-state index contributed by atoms with van der Waals surface area (Å²) in [5.74, 6) is 0.999. The number of nitrogens with zero attached hydrogens (tertiary/aromatic N) is 1. The van der Waals surface area contributed by atoms with Gasteiger partial charge in [0.2, 0.25) is 0 Å². The second-order valence-electron chi connectivity index (χ2n) is 5.56. The van der Waals surface area contributed by atoms with Crippen molar-refractivity contribution in [3.63, 3.8) is 0 Å². The fourth-order valence-corrected chi connectivity index (χ4v) is 2.61. The third-order valence-corrected chi connectivity index (χ3v) is 3.52. The fourth-order valence-electron chi connectivity index (χ4n) is 2.61. The van der Waals surface area contributed by atoms with Gasteiger partial charge in [0.15, 0.2) is 0 Å². The number of hydrogen-bond donors (Lipinski definition) is 1. The monoisotopic (exact) mass is 226 g/mol. The van der Waals surface area contributed by atoms with Crippen molar-refractivity contribution < 1.29 is 0 Å². The van der Waals surface area contributed by atoms with Crippen LogP contribution in [0.1, 0.15) is 52.9 Å². The van der Waals surface area contributed by atoms with E-state index in [0.29, 0.717) is 6.04 Å². The van der Waals surface area contributed by atoms with E-state index in [1.807, 2.05) is 0 Å². The van der Waals surface area contributed by atoms with Crippen LogP contribution in [0.4, 0.5) is 0 Å². The average molecular weight is 226 g/mol. The summed E-state index contributed by atoms with van der Waals surface area (Å²) in [5.41, 5.74) is 0. The van der Waals surface area contributed by atoms with Gasteiger partial charge in [0.05, 0.1) is 0 Å². The molecule has 0 aliphatic carbocycles. The SMILES string of the molecule is CCCC1CCN(CCCCNC(C)C)C1. The van der Waals surface area contributed by atoms with Gasteiger partial charge < -0.3 is 10.2 Å². The quantitative estimate of drug-likeness (QED) is 0.640. The van der Waals surface area contributed by atoms with Gasteiger partial charge in [-0.05, 0) is 51.2 Å². The first kappa shape index (κ1) is 14.0. The van der Waals surface area contributed by atoms with Gasteiger partial charge in [-0.2, -0.15) is 0 Å². The molecule has 0 aromatic rings. The second kappa shape index (κ2) is 8.08. The third kappa shape index (κ3) is 5.86. The predicted octanol–water partition coefficient (Wildman–Crippen LogP) is 2.89. The van der Waals surface area contributed by atoms with Gasteiger partial charge in [-0.1, -0.05) is 27.2 Å². The molecule has 0 spiro atoms. The van der Waals surface area contributed by atoms with Crippen LogP contribution < -0.4 is 5.32 Å². The highest BCUT2D eigenvalue weighted by Crippen LogP contribution is 2.20. The minimum atomic E-state index is 0.640. The Morgan fingerprint density at radius 1 is 1.31 bits per heavy atom. The van der Waals surface area contributed by atoms with Crippen LogP contribution in [0.3, 0.4) is 0 Å². The van der Waals surface area contributed by atoms with E-state index in [1.54, 1.807) is 0 Å². The Balaban J connectivity index is 1.94. The molecule has 0 amide bonds. The largest absolute Gasteiger partial charge is 0.315 e. The Morgan fingerprint density at radius 3 is 2.81 bits per heavy atom. The topological polar surface area (TPSA) is 15.3 Å². The Hall–Kier alpha value is -0.0800. The Kier molecular flexibility index (Phi) is 7.06. The van der Waals surface area contributed by atoms with E-state index in [-0.39, 0.29) is 0 Å². The van der Waals surface area contributed by atoms with Gasteiger partial charge in [-0.3, -0.25) is 0 Å². The van der Waals surface area contributed by atoms with Crippen molar-refractivity contribution in [1.82, 2.24) is 10.2 Å². The molecule has 0 radical (unpaired) electrons. The van der Waals surface area contributed by atoms with Crippen LogP contribution in [0.25, 0.3) is 0 Å². The van der Waals surface area contributed by atoms with E-state index < -0.39 is 0 Å². The molecule has 96 valence electrons. The third-order valence-electron chi connectivity index (χ3n) is 3.52. The Morgan fingerprint density at radius 2 is 2.12 bits per heavy atom. The lowest BCUT2D eigenvalue weighted by atomic mass is 10.0. The van der Waals surface area contributed by atoms with Gasteiger partial charge in [-0.25, -0.2) is 0 Å². The van der Waals surface area contributed by atoms with E-state index in [1.165, 1.54) is 58.3 Å². The van der Waals surface area contributed by atoms with Crippen molar-refractivity contribution >= 4 is 0 Å². The summed E-state index contributed by atoms with van der Waals surface area (Å²) in [6, 6.07) is 0.640. The highest BCUT2D eigenvalue weighted by molar-refractivity contribution is 4.75. The number of likely N-dealkylation sites (tertiary alicyclic amines) is 1. The van der Waals surface area contributed by atoms with Crippen molar-refractivity contribution in [2.45, 2.75) is 58.9 Å². The molecule has 16 heavy (non-hydrogen) atoms. The zero-order valence-corrected chi connectivity index (χ0v) is 11.5. The van der Waals surface area contributed by atoms with Crippen LogP contribution in [0, 0.1) is 5.92 Å². The van der Waals surface area contributed by atoms with E-state index in [4.69, 9.17) is 0 Å². The van der Waals surface area contributed by atoms with Gasteiger partial charge in [0, 0.05) is 12.6 Å². The van der Waals surface area contributed by atoms with Crippen LogP contribution >= 0.6 is 0 Å². The normalized spacial score (nSPS) is 22.1. The maximum Gasteiger partial charge on any atom is 0.00103 e. The van der Waals surface area contributed by atoms with Crippen molar-refractivity contribution in [3.05, 3.63) is 0 Å². The summed E-state index contributed by atoms with van der Waals surface area (Å²) < 4.78 is 0. The predicted molar refractivity (Wildman–Crippen MR) is 71.8 cm³/mol. The Bertz CT molecular complexity index is 168. The molecule has 0 saturated carbocycles. The van der Waals surface area contributed by atoms with Gasteiger partial charge in [-0.15, -0.1) is 0 Å². The lowest BCUT2D eigenvalue weighted by Gasteiger charge is -2.16. The number of hydrogen-bond acceptors (Lipinski definition) is 2. The van der Waals surface area contributed by atoms with E-state index in [0.717, 1.165) is 5.92 Å². The molecular weight excluding hydrogens is 196 g/mol. The summed E-state index contributed by atoms with van der Waals surface area (Å²) in [5, 5.41) is 3.48. The van der Waals surface area contributed by atoms with E-state index >= 15 is 0 Å². The highest BCUT2D eigenvalue weighted by Gasteiger charge is 2.20. The summed E-state index contributed by atoms with van der Waals surface area (Å²) in [7, 11) is 0.